The molecule has 0 bridgehead atoms. The van der Waals surface area contributed by atoms with Crippen LogP contribution < -0.4 is 20.4 Å². The molecule has 2 amide bonds. The summed E-state index contributed by atoms with van der Waals surface area (Å²) in [7, 11) is 0. The number of carbonyl (C=O) groups is 3. The van der Waals surface area contributed by atoms with Crippen molar-refractivity contribution in [3.63, 3.8) is 0 Å². The van der Waals surface area contributed by atoms with Gasteiger partial charge in [-0.1, -0.05) is 65.7 Å². The highest BCUT2D eigenvalue weighted by Gasteiger charge is 2.34. The first-order valence-corrected chi connectivity index (χ1v) is 15.9. The Labute approximate surface area is 267 Å². The van der Waals surface area contributed by atoms with Crippen LogP contribution in [0.25, 0.3) is 0 Å². The van der Waals surface area contributed by atoms with Gasteiger partial charge >= 0.3 is 0 Å². The second kappa shape index (κ2) is 14.8. The van der Waals surface area contributed by atoms with Gasteiger partial charge in [-0.3, -0.25) is 14.4 Å². The fraction of sp³-hybridized carbons (Fsp3) is 0.417. The van der Waals surface area contributed by atoms with Crippen molar-refractivity contribution in [2.75, 3.05) is 35.4 Å². The van der Waals surface area contributed by atoms with Crippen LogP contribution in [0.2, 0.25) is 0 Å². The van der Waals surface area contributed by atoms with E-state index in [-0.39, 0.29) is 42.4 Å². The zero-order valence-corrected chi connectivity index (χ0v) is 27.6. The monoisotopic (exact) mass is 616 g/mol. The Balaban J connectivity index is 1.42. The molecule has 8 heteroatoms. The average molecular weight is 617 g/mol. The number of ketones is 1. The van der Waals surface area contributed by atoms with E-state index in [1.807, 2.05) is 30.3 Å². The lowest BCUT2D eigenvalue weighted by atomic mass is 10.0. The lowest BCUT2D eigenvalue weighted by molar-refractivity contribution is -0.128. The second-order valence-electron chi connectivity index (χ2n) is 12.2. The Morgan fingerprint density at radius 3 is 1.93 bits per heavy atom. The molecule has 44 heavy (non-hydrogen) atoms. The molecule has 1 heterocycles. The number of benzene rings is 3. The third-order valence-corrected chi connectivity index (χ3v) is 8.58. The molecule has 7 nitrogen and oxygen atoms in total. The van der Waals surface area contributed by atoms with Crippen LogP contribution in [0.1, 0.15) is 51.8 Å². The summed E-state index contributed by atoms with van der Waals surface area (Å²) in [4.78, 5) is 43.0. The molecule has 0 saturated carbocycles. The van der Waals surface area contributed by atoms with E-state index in [0.29, 0.717) is 13.0 Å². The van der Waals surface area contributed by atoms with Gasteiger partial charge in [0.1, 0.15) is 0 Å². The summed E-state index contributed by atoms with van der Waals surface area (Å²) in [6.07, 6.45) is 0.384. The lowest BCUT2D eigenvalue weighted by Crippen LogP contribution is -2.44. The topological polar surface area (TPSA) is 81.8 Å². The standard InChI is InChI=1S/C36H45ClN4O3/c1-23-14-25(3)35(26(4)15-23)40-21-30(41(22-40)36-27(5)16-24(2)17-28(36)6)20-38-33(43)12-13-34(44)39-31(32(42)19-37)18-29-10-8-7-9-11-29/h7-11,14-17,30-31H,12-13,18-22H2,1-6H3,(H,38,43)(H,39,44)/t30?,31-/m1/s1. The van der Waals surface area contributed by atoms with Gasteiger partial charge in [-0.25, -0.2) is 0 Å². The molecule has 2 atom stereocenters. The fourth-order valence-corrected chi connectivity index (χ4v) is 6.78. The molecule has 0 spiro atoms. The number of nitrogens with zero attached hydrogens (tertiary/aromatic N) is 2. The number of aryl methyl sites for hydroxylation is 6. The van der Waals surface area contributed by atoms with E-state index < -0.39 is 6.04 Å². The van der Waals surface area contributed by atoms with E-state index in [0.717, 1.165) is 18.8 Å². The van der Waals surface area contributed by atoms with Gasteiger partial charge in [-0.05, 0) is 75.8 Å². The highest BCUT2D eigenvalue weighted by molar-refractivity contribution is 6.28. The van der Waals surface area contributed by atoms with Crippen LogP contribution in [-0.2, 0) is 20.8 Å². The highest BCUT2D eigenvalue weighted by atomic mass is 35.5. The molecule has 3 aromatic carbocycles. The smallest absolute Gasteiger partial charge is 0.221 e. The Bertz CT molecular complexity index is 1460. The summed E-state index contributed by atoms with van der Waals surface area (Å²) in [6.45, 7) is 14.8. The summed E-state index contributed by atoms with van der Waals surface area (Å²) in [6, 6.07) is 17.7. The van der Waals surface area contributed by atoms with Crippen LogP contribution in [0.5, 0.6) is 0 Å². The Morgan fingerprint density at radius 1 is 0.818 bits per heavy atom. The normalized spacial score (nSPS) is 15.3. The first kappa shape index (κ1) is 33.1. The quantitative estimate of drug-likeness (QED) is 0.258. The van der Waals surface area contributed by atoms with Crippen molar-refractivity contribution in [2.24, 2.45) is 0 Å². The molecule has 1 aliphatic rings. The van der Waals surface area contributed by atoms with Crippen molar-refractivity contribution in [2.45, 2.75) is 72.9 Å². The minimum atomic E-state index is -0.724. The van der Waals surface area contributed by atoms with Gasteiger partial charge in [-0.2, -0.15) is 0 Å². The van der Waals surface area contributed by atoms with Crippen LogP contribution >= 0.6 is 11.6 Å². The predicted octanol–water partition coefficient (Wildman–Crippen LogP) is 5.62. The van der Waals surface area contributed by atoms with E-state index in [4.69, 9.17) is 11.6 Å². The highest BCUT2D eigenvalue weighted by Crippen LogP contribution is 2.35. The number of amides is 2. The Kier molecular flexibility index (Phi) is 11.1. The molecule has 2 N–H and O–H groups in total. The van der Waals surface area contributed by atoms with E-state index in [1.54, 1.807) is 0 Å². The van der Waals surface area contributed by atoms with Crippen LogP contribution in [0.4, 0.5) is 11.4 Å². The number of Topliss-reactive ketones (excluding diaryl/α,β-unsaturated/α-hetero) is 1. The largest absolute Gasteiger partial charge is 0.354 e. The molecule has 1 fully saturated rings. The fourth-order valence-electron chi connectivity index (χ4n) is 6.60. The van der Waals surface area contributed by atoms with Crippen molar-refractivity contribution >= 4 is 40.6 Å². The minimum Gasteiger partial charge on any atom is -0.354 e. The summed E-state index contributed by atoms with van der Waals surface area (Å²) in [5, 5.41) is 5.88. The SMILES string of the molecule is Cc1cc(C)c(N2CC(CNC(=O)CCC(=O)N[C@H](Cc3ccccc3)C(=O)CCl)N(c3c(C)cc(C)cc3C)C2)c(C)c1. The second-order valence-corrected chi connectivity index (χ2v) is 12.5. The first-order chi connectivity index (χ1) is 21.0. The summed E-state index contributed by atoms with van der Waals surface area (Å²) < 4.78 is 0. The van der Waals surface area contributed by atoms with Gasteiger partial charge in [0.05, 0.1) is 24.6 Å². The average Bonchev–Trinajstić information content (AvgIpc) is 3.36. The van der Waals surface area contributed by atoms with Crippen molar-refractivity contribution < 1.29 is 14.4 Å². The van der Waals surface area contributed by atoms with Gasteiger partial charge < -0.3 is 20.4 Å². The lowest BCUT2D eigenvalue weighted by Gasteiger charge is -2.29. The van der Waals surface area contributed by atoms with Gasteiger partial charge in [0.25, 0.3) is 0 Å². The molecule has 4 rings (SSSR count). The zero-order chi connectivity index (χ0) is 32.0. The molecule has 3 aromatic rings. The molecule has 234 valence electrons. The van der Waals surface area contributed by atoms with Crippen molar-refractivity contribution in [1.29, 1.82) is 0 Å². The van der Waals surface area contributed by atoms with Crippen molar-refractivity contribution in [1.82, 2.24) is 10.6 Å². The number of carbonyl (C=O) groups excluding carboxylic acids is 3. The van der Waals surface area contributed by atoms with E-state index in [1.165, 1.54) is 44.8 Å². The van der Waals surface area contributed by atoms with Crippen molar-refractivity contribution in [3.8, 4) is 0 Å². The number of hydrogen-bond acceptors (Lipinski definition) is 5. The molecular formula is C36H45ClN4O3. The summed E-state index contributed by atoms with van der Waals surface area (Å²) >= 11 is 5.81. The van der Waals surface area contributed by atoms with Crippen LogP contribution in [-0.4, -0.2) is 55.3 Å². The summed E-state index contributed by atoms with van der Waals surface area (Å²) in [5.74, 6) is -0.972. The maximum atomic E-state index is 13.0. The minimum absolute atomic E-state index is 0.00880. The van der Waals surface area contributed by atoms with Gasteiger partial charge in [0.15, 0.2) is 5.78 Å². The molecule has 1 unspecified atom stereocenters. The number of halogens is 1. The van der Waals surface area contributed by atoms with E-state index in [2.05, 4.69) is 86.2 Å². The molecular weight excluding hydrogens is 572 g/mol. The van der Waals surface area contributed by atoms with Crippen LogP contribution in [0, 0.1) is 41.5 Å². The van der Waals surface area contributed by atoms with Crippen LogP contribution in [0.15, 0.2) is 54.6 Å². The Morgan fingerprint density at radius 2 is 1.36 bits per heavy atom. The van der Waals surface area contributed by atoms with Gasteiger partial charge in [0.2, 0.25) is 11.8 Å². The zero-order valence-electron chi connectivity index (χ0n) is 26.8. The first-order valence-electron chi connectivity index (χ1n) is 15.3. The van der Waals surface area contributed by atoms with Crippen molar-refractivity contribution in [3.05, 3.63) is 93.5 Å². The van der Waals surface area contributed by atoms with Gasteiger partial charge in [-0.15, -0.1) is 11.6 Å². The number of alkyl halides is 1. The molecule has 0 aliphatic carbocycles. The number of hydrogen-bond donors (Lipinski definition) is 2. The molecule has 0 radical (unpaired) electrons. The maximum absolute atomic E-state index is 13.0. The molecule has 0 aromatic heterocycles. The number of nitrogens with one attached hydrogen (secondary N) is 2. The predicted molar refractivity (Wildman–Crippen MR) is 180 cm³/mol. The third-order valence-electron chi connectivity index (χ3n) is 8.32. The van der Waals surface area contributed by atoms with E-state index >= 15 is 0 Å². The van der Waals surface area contributed by atoms with E-state index in [9.17, 15) is 14.4 Å². The molecule has 1 saturated heterocycles. The van der Waals surface area contributed by atoms with Crippen LogP contribution in [0.3, 0.4) is 0 Å². The number of rotatable bonds is 12. The molecule has 1 aliphatic heterocycles. The maximum Gasteiger partial charge on any atom is 0.221 e. The third kappa shape index (κ3) is 8.20. The Hall–Kier alpha value is -3.84. The summed E-state index contributed by atoms with van der Waals surface area (Å²) in [5.41, 5.74) is 10.8. The van der Waals surface area contributed by atoms with Gasteiger partial charge in [0, 0.05) is 37.3 Å². The number of anilines is 2.